The SMILES string of the molecule is COc1ccc(CC(C)(O)CNC(=O)C2CC=CCC2)cc1. The van der Waals surface area contributed by atoms with E-state index in [2.05, 4.69) is 17.5 Å². The molecule has 22 heavy (non-hydrogen) atoms. The third-order valence-corrected chi connectivity index (χ3v) is 4.03. The molecule has 1 aliphatic carbocycles. The molecule has 2 N–H and O–H groups in total. The summed E-state index contributed by atoms with van der Waals surface area (Å²) in [5.74, 6) is 0.878. The highest BCUT2D eigenvalue weighted by Crippen LogP contribution is 2.19. The second-order valence-corrected chi connectivity index (χ2v) is 6.22. The lowest BCUT2D eigenvalue weighted by molar-refractivity contribution is -0.126. The number of benzene rings is 1. The highest BCUT2D eigenvalue weighted by molar-refractivity contribution is 5.79. The zero-order valence-electron chi connectivity index (χ0n) is 13.3. The quantitative estimate of drug-likeness (QED) is 0.794. The molecule has 4 nitrogen and oxygen atoms in total. The number of hydrogen-bond acceptors (Lipinski definition) is 3. The Kier molecular flexibility index (Phi) is 5.61. The van der Waals surface area contributed by atoms with Gasteiger partial charge in [-0.15, -0.1) is 0 Å². The highest BCUT2D eigenvalue weighted by atomic mass is 16.5. The summed E-state index contributed by atoms with van der Waals surface area (Å²) in [6, 6.07) is 7.61. The van der Waals surface area contributed by atoms with Crippen LogP contribution >= 0.6 is 0 Å². The van der Waals surface area contributed by atoms with E-state index >= 15 is 0 Å². The van der Waals surface area contributed by atoms with Gasteiger partial charge in [0.2, 0.25) is 5.91 Å². The molecular weight excluding hydrogens is 278 g/mol. The fourth-order valence-electron chi connectivity index (χ4n) is 2.70. The summed E-state index contributed by atoms with van der Waals surface area (Å²) in [6.07, 6.45) is 7.31. The summed E-state index contributed by atoms with van der Waals surface area (Å²) in [6.45, 7) is 2.01. The number of rotatable bonds is 6. The molecule has 0 aliphatic heterocycles. The van der Waals surface area contributed by atoms with Gasteiger partial charge in [-0.2, -0.15) is 0 Å². The summed E-state index contributed by atoms with van der Waals surface area (Å²) in [5, 5.41) is 13.4. The van der Waals surface area contributed by atoms with Gasteiger partial charge < -0.3 is 15.2 Å². The fourth-order valence-corrected chi connectivity index (χ4v) is 2.70. The maximum Gasteiger partial charge on any atom is 0.223 e. The molecule has 0 heterocycles. The van der Waals surface area contributed by atoms with Gasteiger partial charge >= 0.3 is 0 Å². The molecule has 0 fully saturated rings. The van der Waals surface area contributed by atoms with Crippen LogP contribution in [0, 0.1) is 5.92 Å². The minimum Gasteiger partial charge on any atom is -0.497 e. The molecule has 2 unspecified atom stereocenters. The average molecular weight is 303 g/mol. The predicted molar refractivity (Wildman–Crippen MR) is 86.8 cm³/mol. The number of carbonyl (C=O) groups excluding carboxylic acids is 1. The topological polar surface area (TPSA) is 58.6 Å². The van der Waals surface area contributed by atoms with Crippen molar-refractivity contribution >= 4 is 5.91 Å². The number of ether oxygens (including phenoxy) is 1. The Labute approximate surface area is 132 Å². The lowest BCUT2D eigenvalue weighted by Gasteiger charge is -2.26. The molecule has 1 aromatic carbocycles. The largest absolute Gasteiger partial charge is 0.497 e. The molecule has 120 valence electrons. The van der Waals surface area contributed by atoms with Crippen molar-refractivity contribution in [1.82, 2.24) is 5.32 Å². The molecule has 0 aromatic heterocycles. The summed E-state index contributed by atoms with van der Waals surface area (Å²) in [5.41, 5.74) is 0.0510. The van der Waals surface area contributed by atoms with Gasteiger partial charge in [-0.3, -0.25) is 4.79 Å². The van der Waals surface area contributed by atoms with Crippen molar-refractivity contribution in [2.24, 2.45) is 5.92 Å². The van der Waals surface area contributed by atoms with E-state index in [1.165, 1.54) is 0 Å². The van der Waals surface area contributed by atoms with Gasteiger partial charge in [-0.05, 0) is 43.9 Å². The Morgan fingerprint density at radius 3 is 2.68 bits per heavy atom. The van der Waals surface area contributed by atoms with Crippen molar-refractivity contribution in [1.29, 1.82) is 0 Å². The maximum atomic E-state index is 12.1. The lowest BCUT2D eigenvalue weighted by atomic mass is 9.92. The van der Waals surface area contributed by atoms with Crippen LogP contribution < -0.4 is 10.1 Å². The van der Waals surface area contributed by atoms with Crippen molar-refractivity contribution in [3.05, 3.63) is 42.0 Å². The molecule has 0 saturated heterocycles. The maximum absolute atomic E-state index is 12.1. The van der Waals surface area contributed by atoms with Crippen molar-refractivity contribution in [3.63, 3.8) is 0 Å². The number of allylic oxidation sites excluding steroid dienone is 2. The highest BCUT2D eigenvalue weighted by Gasteiger charge is 2.24. The van der Waals surface area contributed by atoms with E-state index in [-0.39, 0.29) is 18.4 Å². The summed E-state index contributed by atoms with van der Waals surface area (Å²) in [7, 11) is 1.63. The minimum absolute atomic E-state index is 0.0411. The standard InChI is InChI=1S/C18H25NO3/c1-18(21,12-14-8-10-16(22-2)11-9-14)13-19-17(20)15-6-4-3-5-7-15/h3-4,8-11,15,21H,5-7,12-13H2,1-2H3,(H,19,20). The van der Waals surface area contributed by atoms with Gasteiger partial charge in [-0.25, -0.2) is 0 Å². The van der Waals surface area contributed by atoms with Crippen LogP contribution in [0.3, 0.4) is 0 Å². The van der Waals surface area contributed by atoms with Crippen LogP contribution in [0.2, 0.25) is 0 Å². The first-order chi connectivity index (χ1) is 10.5. The predicted octanol–water partition coefficient (Wildman–Crippen LogP) is 2.46. The molecule has 4 heteroatoms. The van der Waals surface area contributed by atoms with Crippen molar-refractivity contribution in [2.75, 3.05) is 13.7 Å². The van der Waals surface area contributed by atoms with E-state index in [0.717, 1.165) is 30.6 Å². The number of amides is 1. The molecule has 1 amide bonds. The van der Waals surface area contributed by atoms with Crippen LogP contribution in [0.5, 0.6) is 5.75 Å². The van der Waals surface area contributed by atoms with Gasteiger partial charge in [0.25, 0.3) is 0 Å². The number of nitrogens with one attached hydrogen (secondary N) is 1. The van der Waals surface area contributed by atoms with E-state index in [1.54, 1.807) is 14.0 Å². The van der Waals surface area contributed by atoms with Crippen LogP contribution in [0.25, 0.3) is 0 Å². The van der Waals surface area contributed by atoms with E-state index in [1.807, 2.05) is 24.3 Å². The number of carbonyl (C=O) groups is 1. The van der Waals surface area contributed by atoms with Gasteiger partial charge in [0.1, 0.15) is 5.75 Å². The van der Waals surface area contributed by atoms with Crippen LogP contribution in [-0.4, -0.2) is 30.3 Å². The smallest absolute Gasteiger partial charge is 0.223 e. The molecular formula is C18H25NO3. The Hall–Kier alpha value is -1.81. The van der Waals surface area contributed by atoms with Crippen LogP contribution in [0.1, 0.15) is 31.7 Å². The van der Waals surface area contributed by atoms with Crippen molar-refractivity contribution in [3.8, 4) is 5.75 Å². The molecule has 0 spiro atoms. The molecule has 1 aromatic rings. The fraction of sp³-hybridized carbons (Fsp3) is 0.500. The zero-order valence-corrected chi connectivity index (χ0v) is 13.3. The molecule has 1 aliphatic rings. The normalized spacial score (nSPS) is 20.2. The Balaban J connectivity index is 1.84. The molecule has 2 rings (SSSR count). The van der Waals surface area contributed by atoms with Crippen molar-refractivity contribution < 1.29 is 14.6 Å². The van der Waals surface area contributed by atoms with Crippen molar-refractivity contribution in [2.45, 2.75) is 38.2 Å². The third kappa shape index (κ3) is 4.88. The molecule has 0 saturated carbocycles. The summed E-state index contributed by atoms with van der Waals surface area (Å²) >= 11 is 0. The van der Waals surface area contributed by atoms with Crippen LogP contribution in [0.4, 0.5) is 0 Å². The first-order valence-corrected chi connectivity index (χ1v) is 7.78. The Bertz CT molecular complexity index is 520. The van der Waals surface area contributed by atoms with E-state index in [0.29, 0.717) is 6.42 Å². The molecule has 0 bridgehead atoms. The monoisotopic (exact) mass is 303 g/mol. The van der Waals surface area contributed by atoms with Gasteiger partial charge in [0, 0.05) is 18.9 Å². The molecule has 2 atom stereocenters. The minimum atomic E-state index is -0.964. The second-order valence-electron chi connectivity index (χ2n) is 6.22. The second kappa shape index (κ2) is 7.45. The van der Waals surface area contributed by atoms with Gasteiger partial charge in [0.05, 0.1) is 12.7 Å². The van der Waals surface area contributed by atoms with Gasteiger partial charge in [-0.1, -0.05) is 24.3 Å². The van der Waals surface area contributed by atoms with Gasteiger partial charge in [0.15, 0.2) is 0 Å². The van der Waals surface area contributed by atoms with E-state index < -0.39 is 5.60 Å². The summed E-state index contributed by atoms with van der Waals surface area (Å²) < 4.78 is 5.12. The number of hydrogen-bond donors (Lipinski definition) is 2. The number of methoxy groups -OCH3 is 1. The third-order valence-electron chi connectivity index (χ3n) is 4.03. The lowest BCUT2D eigenvalue weighted by Crippen LogP contribution is -2.44. The van der Waals surface area contributed by atoms with Crippen LogP contribution in [0.15, 0.2) is 36.4 Å². The summed E-state index contributed by atoms with van der Waals surface area (Å²) in [4.78, 5) is 12.1. The van der Waals surface area contributed by atoms with Crippen LogP contribution in [-0.2, 0) is 11.2 Å². The molecule has 0 radical (unpaired) electrons. The zero-order chi connectivity index (χ0) is 16.0. The Morgan fingerprint density at radius 1 is 1.36 bits per heavy atom. The average Bonchev–Trinajstić information content (AvgIpc) is 2.54. The number of aliphatic hydroxyl groups is 1. The Morgan fingerprint density at radius 2 is 2.09 bits per heavy atom. The first kappa shape index (κ1) is 16.6. The van der Waals surface area contributed by atoms with E-state index in [4.69, 9.17) is 4.74 Å². The first-order valence-electron chi connectivity index (χ1n) is 7.78. The van der Waals surface area contributed by atoms with E-state index in [9.17, 15) is 9.90 Å².